The molecule has 3 nitrogen and oxygen atoms in total. The molecule has 0 atom stereocenters. The van der Waals surface area contributed by atoms with Gasteiger partial charge in [0.1, 0.15) is 0 Å². The Labute approximate surface area is 71.1 Å². The summed E-state index contributed by atoms with van der Waals surface area (Å²) in [5.74, 6) is 0. The van der Waals surface area contributed by atoms with Crippen LogP contribution in [0.3, 0.4) is 0 Å². The largest absolute Gasteiger partial charge is 0.401 e. The van der Waals surface area contributed by atoms with Crippen molar-refractivity contribution in [2.24, 2.45) is 5.73 Å². The number of allylic oxidation sites excluding steroid dienone is 1. The Morgan fingerprint density at radius 3 is 2.92 bits per heavy atom. The topological polar surface area (TPSA) is 48.0 Å². The summed E-state index contributed by atoms with van der Waals surface area (Å²) in [4.78, 5) is 11.4. The zero-order valence-corrected chi connectivity index (χ0v) is 7.24. The van der Waals surface area contributed by atoms with Crippen LogP contribution in [0.2, 0.25) is 0 Å². The standard InChI is InChI=1S/C9H12N2O/c1-7-4-3-5-11(9(7)12)6-8(2)10/h3-6H,10H2,1-2H3/b8-6+. The molecule has 1 rings (SSSR count). The summed E-state index contributed by atoms with van der Waals surface area (Å²) >= 11 is 0. The van der Waals surface area contributed by atoms with E-state index >= 15 is 0 Å². The Morgan fingerprint density at radius 1 is 1.67 bits per heavy atom. The summed E-state index contributed by atoms with van der Waals surface area (Å²) in [6.07, 6.45) is 3.29. The Bertz CT molecular complexity index is 359. The second kappa shape index (κ2) is 3.26. The molecule has 0 fully saturated rings. The lowest BCUT2D eigenvalue weighted by atomic mass is 10.3. The van der Waals surface area contributed by atoms with Gasteiger partial charge in [0.15, 0.2) is 0 Å². The van der Waals surface area contributed by atoms with Gasteiger partial charge in [-0.15, -0.1) is 0 Å². The molecule has 0 aromatic carbocycles. The zero-order valence-electron chi connectivity index (χ0n) is 7.24. The third kappa shape index (κ3) is 1.75. The molecule has 0 aliphatic carbocycles. The van der Waals surface area contributed by atoms with E-state index in [0.717, 1.165) is 5.56 Å². The quantitative estimate of drug-likeness (QED) is 0.671. The molecule has 2 N–H and O–H groups in total. The van der Waals surface area contributed by atoms with Crippen LogP contribution in [-0.4, -0.2) is 4.57 Å². The molecule has 1 aromatic heterocycles. The number of pyridine rings is 1. The molecule has 1 aromatic rings. The fourth-order valence-electron chi connectivity index (χ4n) is 0.944. The third-order valence-electron chi connectivity index (χ3n) is 1.51. The molecule has 0 aliphatic rings. The van der Waals surface area contributed by atoms with Crippen LogP contribution in [0.5, 0.6) is 0 Å². The van der Waals surface area contributed by atoms with E-state index in [9.17, 15) is 4.79 Å². The van der Waals surface area contributed by atoms with Gasteiger partial charge in [0.2, 0.25) is 0 Å². The van der Waals surface area contributed by atoms with E-state index in [4.69, 9.17) is 5.73 Å². The summed E-state index contributed by atoms with van der Waals surface area (Å²) in [5, 5.41) is 0. The maximum Gasteiger partial charge on any atom is 0.257 e. The molecule has 0 bridgehead atoms. The Kier molecular flexibility index (Phi) is 2.33. The van der Waals surface area contributed by atoms with E-state index in [1.54, 1.807) is 32.3 Å². The van der Waals surface area contributed by atoms with Crippen molar-refractivity contribution >= 4 is 6.20 Å². The van der Waals surface area contributed by atoms with Crippen molar-refractivity contribution in [3.05, 3.63) is 39.9 Å². The van der Waals surface area contributed by atoms with E-state index in [1.165, 1.54) is 4.57 Å². The van der Waals surface area contributed by atoms with E-state index in [-0.39, 0.29) is 5.56 Å². The maximum absolute atomic E-state index is 11.4. The van der Waals surface area contributed by atoms with E-state index in [0.29, 0.717) is 5.70 Å². The van der Waals surface area contributed by atoms with Crippen LogP contribution in [0.4, 0.5) is 0 Å². The van der Waals surface area contributed by atoms with E-state index in [1.807, 2.05) is 6.07 Å². The second-order valence-corrected chi connectivity index (χ2v) is 2.78. The van der Waals surface area contributed by atoms with E-state index in [2.05, 4.69) is 0 Å². The number of hydrogen-bond acceptors (Lipinski definition) is 2. The van der Waals surface area contributed by atoms with Crippen molar-refractivity contribution in [1.82, 2.24) is 4.57 Å². The van der Waals surface area contributed by atoms with Crippen molar-refractivity contribution in [3.63, 3.8) is 0 Å². The highest BCUT2D eigenvalue weighted by molar-refractivity contribution is 5.28. The van der Waals surface area contributed by atoms with Gasteiger partial charge in [-0.2, -0.15) is 0 Å². The van der Waals surface area contributed by atoms with E-state index < -0.39 is 0 Å². The summed E-state index contributed by atoms with van der Waals surface area (Å²) in [6.45, 7) is 3.52. The number of aryl methyl sites for hydroxylation is 1. The number of hydrogen-bond donors (Lipinski definition) is 1. The lowest BCUT2D eigenvalue weighted by Gasteiger charge is -1.99. The van der Waals surface area contributed by atoms with Gasteiger partial charge in [-0.25, -0.2) is 0 Å². The van der Waals surface area contributed by atoms with Crippen LogP contribution in [-0.2, 0) is 0 Å². The van der Waals surface area contributed by atoms with Crippen molar-refractivity contribution in [1.29, 1.82) is 0 Å². The first-order valence-corrected chi connectivity index (χ1v) is 3.73. The smallest absolute Gasteiger partial charge is 0.257 e. The average molecular weight is 164 g/mol. The third-order valence-corrected chi connectivity index (χ3v) is 1.51. The van der Waals surface area contributed by atoms with Crippen LogP contribution in [0, 0.1) is 6.92 Å². The number of rotatable bonds is 1. The first kappa shape index (κ1) is 8.59. The summed E-state index contributed by atoms with van der Waals surface area (Å²) in [7, 11) is 0. The fraction of sp³-hybridized carbons (Fsp3) is 0.222. The molecule has 0 unspecified atom stereocenters. The first-order chi connectivity index (χ1) is 5.61. The maximum atomic E-state index is 11.4. The summed E-state index contributed by atoms with van der Waals surface area (Å²) < 4.78 is 1.48. The zero-order chi connectivity index (χ0) is 9.14. The van der Waals surface area contributed by atoms with Crippen LogP contribution in [0.25, 0.3) is 6.20 Å². The SMILES string of the molecule is C/C(N)=C\n1cccc(C)c1=O. The number of nitrogens with two attached hydrogens (primary N) is 1. The van der Waals surface area contributed by atoms with Crippen LogP contribution in [0.1, 0.15) is 12.5 Å². The highest BCUT2D eigenvalue weighted by atomic mass is 16.1. The fourth-order valence-corrected chi connectivity index (χ4v) is 0.944. The lowest BCUT2D eigenvalue weighted by molar-refractivity contribution is 1.02. The van der Waals surface area contributed by atoms with Gasteiger partial charge in [-0.1, -0.05) is 6.07 Å². The summed E-state index contributed by atoms with van der Waals surface area (Å²) in [5.41, 5.74) is 6.75. The predicted molar refractivity (Wildman–Crippen MR) is 49.6 cm³/mol. The van der Waals surface area contributed by atoms with Gasteiger partial charge in [0.05, 0.1) is 0 Å². The lowest BCUT2D eigenvalue weighted by Crippen LogP contribution is -2.17. The molecule has 0 radical (unpaired) electrons. The van der Waals surface area contributed by atoms with Gasteiger partial charge in [-0.3, -0.25) is 9.36 Å². The van der Waals surface area contributed by atoms with Gasteiger partial charge in [-0.05, 0) is 19.9 Å². The first-order valence-electron chi connectivity index (χ1n) is 3.73. The van der Waals surface area contributed by atoms with Crippen LogP contribution >= 0.6 is 0 Å². The van der Waals surface area contributed by atoms with Crippen molar-refractivity contribution in [3.8, 4) is 0 Å². The predicted octanol–water partition coefficient (Wildman–Crippen LogP) is 0.934. The molecule has 0 spiro atoms. The molecule has 0 saturated carbocycles. The molecule has 0 amide bonds. The minimum absolute atomic E-state index is 0.0256. The molecule has 64 valence electrons. The molecule has 0 saturated heterocycles. The molecule has 0 aliphatic heterocycles. The Balaban J connectivity index is 3.27. The normalized spacial score (nSPS) is 11.7. The number of aromatic nitrogens is 1. The molecule has 1 heterocycles. The van der Waals surface area contributed by atoms with Crippen molar-refractivity contribution < 1.29 is 0 Å². The van der Waals surface area contributed by atoms with Gasteiger partial charge in [0.25, 0.3) is 5.56 Å². The average Bonchev–Trinajstić information content (AvgIpc) is 1.98. The van der Waals surface area contributed by atoms with Crippen LogP contribution in [0.15, 0.2) is 28.8 Å². The molecule has 3 heteroatoms. The van der Waals surface area contributed by atoms with Gasteiger partial charge in [0, 0.05) is 23.7 Å². The Morgan fingerprint density at radius 2 is 2.33 bits per heavy atom. The van der Waals surface area contributed by atoms with Crippen molar-refractivity contribution in [2.75, 3.05) is 0 Å². The monoisotopic (exact) mass is 164 g/mol. The van der Waals surface area contributed by atoms with Gasteiger partial charge >= 0.3 is 0 Å². The van der Waals surface area contributed by atoms with Crippen LogP contribution < -0.4 is 11.3 Å². The van der Waals surface area contributed by atoms with Crippen molar-refractivity contribution in [2.45, 2.75) is 13.8 Å². The minimum atomic E-state index is -0.0256. The summed E-state index contributed by atoms with van der Waals surface area (Å²) in [6, 6.07) is 3.59. The molecular formula is C9H12N2O. The van der Waals surface area contributed by atoms with Gasteiger partial charge < -0.3 is 5.73 Å². The molecular weight excluding hydrogens is 152 g/mol. The highest BCUT2D eigenvalue weighted by Gasteiger charge is 1.94. The number of nitrogens with zero attached hydrogens (tertiary/aromatic N) is 1. The Hall–Kier alpha value is -1.51. The molecule has 12 heavy (non-hydrogen) atoms. The minimum Gasteiger partial charge on any atom is -0.401 e. The highest BCUT2D eigenvalue weighted by Crippen LogP contribution is 1.91. The second-order valence-electron chi connectivity index (χ2n) is 2.78.